The summed E-state index contributed by atoms with van der Waals surface area (Å²) in [6, 6.07) is 27.9. The van der Waals surface area contributed by atoms with Gasteiger partial charge in [-0.15, -0.1) is 0 Å². The molecule has 0 atom stereocenters. The van der Waals surface area contributed by atoms with Crippen molar-refractivity contribution >= 4 is 21.6 Å². The number of nitrogens with one attached hydrogen (secondary N) is 1. The fourth-order valence-electron chi connectivity index (χ4n) is 3.27. The Bertz CT molecular complexity index is 1250. The number of benzene rings is 3. The van der Waals surface area contributed by atoms with Crippen molar-refractivity contribution in [3.63, 3.8) is 0 Å². The quantitative estimate of drug-likeness (QED) is 0.417. The molecule has 6 nitrogen and oxygen atoms in total. The Morgan fingerprint density at radius 1 is 0.781 bits per heavy atom. The minimum atomic E-state index is -3.70. The molecule has 32 heavy (non-hydrogen) atoms. The Labute approximate surface area is 187 Å². The van der Waals surface area contributed by atoms with Crippen LogP contribution in [0.15, 0.2) is 113 Å². The largest absolute Gasteiger partial charge is 0.467 e. The lowest BCUT2D eigenvalue weighted by molar-refractivity contribution is 0.0717. The summed E-state index contributed by atoms with van der Waals surface area (Å²) >= 11 is 0. The number of hydrogen-bond acceptors (Lipinski definition) is 4. The molecule has 0 aliphatic carbocycles. The number of sulfonamides is 1. The SMILES string of the molecule is O=C(c1ccc(NS(=O)(=O)c2ccccc2)cc1)N(Cc1ccccc1)Cc1ccco1. The van der Waals surface area contributed by atoms with Crippen LogP contribution in [-0.2, 0) is 23.1 Å². The van der Waals surface area contributed by atoms with Crippen LogP contribution in [0.2, 0.25) is 0 Å². The zero-order valence-electron chi connectivity index (χ0n) is 17.2. The van der Waals surface area contributed by atoms with E-state index in [9.17, 15) is 13.2 Å². The van der Waals surface area contributed by atoms with Crippen LogP contribution in [0.25, 0.3) is 0 Å². The van der Waals surface area contributed by atoms with Gasteiger partial charge in [0.25, 0.3) is 15.9 Å². The summed E-state index contributed by atoms with van der Waals surface area (Å²) in [5, 5.41) is 0. The summed E-state index contributed by atoms with van der Waals surface area (Å²) in [4.78, 5) is 15.1. The topological polar surface area (TPSA) is 79.6 Å². The van der Waals surface area contributed by atoms with Crippen molar-refractivity contribution in [1.82, 2.24) is 4.90 Å². The van der Waals surface area contributed by atoms with Gasteiger partial charge in [0.15, 0.2) is 0 Å². The van der Waals surface area contributed by atoms with Gasteiger partial charge >= 0.3 is 0 Å². The molecule has 1 heterocycles. The lowest BCUT2D eigenvalue weighted by atomic mass is 10.1. The highest BCUT2D eigenvalue weighted by molar-refractivity contribution is 7.92. The van der Waals surface area contributed by atoms with E-state index in [2.05, 4.69) is 4.72 Å². The molecule has 0 saturated carbocycles. The summed E-state index contributed by atoms with van der Waals surface area (Å²) in [5.41, 5.74) is 1.83. The molecule has 1 amide bonds. The maximum absolute atomic E-state index is 13.2. The molecule has 0 radical (unpaired) electrons. The molecular formula is C25H22N2O4S. The van der Waals surface area contributed by atoms with E-state index in [1.807, 2.05) is 36.4 Å². The van der Waals surface area contributed by atoms with Crippen LogP contribution in [0.1, 0.15) is 21.7 Å². The standard InChI is InChI=1S/C25H22N2O4S/c28-25(27(19-23-10-7-17-31-23)18-20-8-3-1-4-9-20)21-13-15-22(16-14-21)26-32(29,30)24-11-5-2-6-12-24/h1-17,26H,18-19H2. The first-order chi connectivity index (χ1) is 15.5. The highest BCUT2D eigenvalue weighted by Crippen LogP contribution is 2.19. The number of hydrogen-bond donors (Lipinski definition) is 1. The van der Waals surface area contributed by atoms with Gasteiger partial charge in [0.1, 0.15) is 5.76 Å². The molecule has 7 heteroatoms. The third-order valence-corrected chi connectivity index (χ3v) is 6.27. The van der Waals surface area contributed by atoms with Crippen molar-refractivity contribution in [2.75, 3.05) is 4.72 Å². The smallest absolute Gasteiger partial charge is 0.261 e. The number of nitrogens with zero attached hydrogens (tertiary/aromatic N) is 1. The highest BCUT2D eigenvalue weighted by Gasteiger charge is 2.19. The molecular weight excluding hydrogens is 424 g/mol. The summed E-state index contributed by atoms with van der Waals surface area (Å²) in [6.45, 7) is 0.742. The first-order valence-electron chi connectivity index (χ1n) is 10.0. The zero-order valence-corrected chi connectivity index (χ0v) is 18.0. The van der Waals surface area contributed by atoms with Crippen LogP contribution >= 0.6 is 0 Å². The van der Waals surface area contributed by atoms with Gasteiger partial charge in [-0.1, -0.05) is 48.5 Å². The Hall–Kier alpha value is -3.84. The van der Waals surface area contributed by atoms with Gasteiger partial charge < -0.3 is 9.32 Å². The first kappa shape index (κ1) is 21.4. The minimum absolute atomic E-state index is 0.174. The molecule has 1 aromatic heterocycles. The normalized spacial score (nSPS) is 11.1. The Morgan fingerprint density at radius 3 is 2.06 bits per heavy atom. The second-order valence-electron chi connectivity index (χ2n) is 7.22. The van der Waals surface area contributed by atoms with Crippen molar-refractivity contribution in [2.45, 2.75) is 18.0 Å². The molecule has 0 saturated heterocycles. The minimum Gasteiger partial charge on any atom is -0.467 e. The van der Waals surface area contributed by atoms with Gasteiger partial charge in [-0.25, -0.2) is 8.42 Å². The summed E-state index contributed by atoms with van der Waals surface area (Å²) in [7, 11) is -3.70. The van der Waals surface area contributed by atoms with Crippen molar-refractivity contribution in [3.8, 4) is 0 Å². The van der Waals surface area contributed by atoms with Crippen LogP contribution in [-0.4, -0.2) is 19.2 Å². The second-order valence-corrected chi connectivity index (χ2v) is 8.90. The molecule has 0 spiro atoms. The molecule has 0 aliphatic rings. The second kappa shape index (κ2) is 9.53. The molecule has 162 valence electrons. The lowest BCUT2D eigenvalue weighted by Gasteiger charge is -2.22. The summed E-state index contributed by atoms with van der Waals surface area (Å²) in [6.07, 6.45) is 1.58. The average Bonchev–Trinajstić information content (AvgIpc) is 3.33. The summed E-state index contributed by atoms with van der Waals surface area (Å²) < 4.78 is 33.0. The number of furan rings is 1. The van der Waals surface area contributed by atoms with E-state index in [0.29, 0.717) is 30.1 Å². The zero-order chi connectivity index (χ0) is 22.4. The molecule has 4 aromatic rings. The van der Waals surface area contributed by atoms with Crippen LogP contribution < -0.4 is 4.72 Å². The van der Waals surface area contributed by atoms with E-state index in [1.54, 1.807) is 59.7 Å². The van der Waals surface area contributed by atoms with Crippen molar-refractivity contribution in [3.05, 3.63) is 120 Å². The number of carbonyl (C=O) groups excluding carboxylic acids is 1. The number of carbonyl (C=O) groups is 1. The third kappa shape index (κ3) is 5.25. The monoisotopic (exact) mass is 446 g/mol. The summed E-state index contributed by atoms with van der Waals surface area (Å²) in [5.74, 6) is 0.504. The van der Waals surface area contributed by atoms with Crippen LogP contribution in [0.4, 0.5) is 5.69 Å². The highest BCUT2D eigenvalue weighted by atomic mass is 32.2. The van der Waals surface area contributed by atoms with E-state index in [4.69, 9.17) is 4.42 Å². The van der Waals surface area contributed by atoms with Crippen LogP contribution in [0.5, 0.6) is 0 Å². The van der Waals surface area contributed by atoms with E-state index in [-0.39, 0.29) is 10.8 Å². The van der Waals surface area contributed by atoms with Crippen LogP contribution in [0.3, 0.4) is 0 Å². The fourth-order valence-corrected chi connectivity index (χ4v) is 4.35. The molecule has 0 bridgehead atoms. The van der Waals surface area contributed by atoms with Crippen molar-refractivity contribution in [2.24, 2.45) is 0 Å². The van der Waals surface area contributed by atoms with Crippen molar-refractivity contribution < 1.29 is 17.6 Å². The third-order valence-electron chi connectivity index (χ3n) is 4.87. The van der Waals surface area contributed by atoms with E-state index in [1.165, 1.54) is 12.1 Å². The predicted octanol–water partition coefficient (Wildman–Crippen LogP) is 4.92. The average molecular weight is 447 g/mol. The van der Waals surface area contributed by atoms with E-state index < -0.39 is 10.0 Å². The van der Waals surface area contributed by atoms with Gasteiger partial charge in [-0.2, -0.15) is 0 Å². The van der Waals surface area contributed by atoms with Gasteiger partial charge in [0, 0.05) is 17.8 Å². The fraction of sp³-hybridized carbons (Fsp3) is 0.0800. The van der Waals surface area contributed by atoms with Crippen molar-refractivity contribution in [1.29, 1.82) is 0 Å². The maximum Gasteiger partial charge on any atom is 0.261 e. The van der Waals surface area contributed by atoms with E-state index in [0.717, 1.165) is 5.56 Å². The molecule has 0 unspecified atom stereocenters. The molecule has 0 fully saturated rings. The molecule has 1 N–H and O–H groups in total. The maximum atomic E-state index is 13.2. The molecule has 3 aromatic carbocycles. The number of anilines is 1. The Balaban J connectivity index is 1.52. The molecule has 4 rings (SSSR count). The predicted molar refractivity (Wildman–Crippen MR) is 122 cm³/mol. The van der Waals surface area contributed by atoms with Crippen LogP contribution in [0, 0.1) is 0 Å². The number of amides is 1. The molecule has 0 aliphatic heterocycles. The Morgan fingerprint density at radius 2 is 1.44 bits per heavy atom. The first-order valence-corrected chi connectivity index (χ1v) is 11.5. The van der Waals surface area contributed by atoms with Gasteiger partial charge in [0.2, 0.25) is 0 Å². The van der Waals surface area contributed by atoms with Gasteiger partial charge in [0.05, 0.1) is 17.7 Å². The van der Waals surface area contributed by atoms with E-state index >= 15 is 0 Å². The van der Waals surface area contributed by atoms with Gasteiger partial charge in [-0.05, 0) is 54.1 Å². The van der Waals surface area contributed by atoms with Gasteiger partial charge in [-0.3, -0.25) is 9.52 Å². The Kier molecular flexibility index (Phi) is 6.37. The lowest BCUT2D eigenvalue weighted by Crippen LogP contribution is -2.30. The number of rotatable bonds is 8.